The first kappa shape index (κ1) is 13.3. The maximum Gasteiger partial charge on any atom is 0.417 e. The molecule has 0 radical (unpaired) electrons. The molecule has 1 aliphatic rings. The van der Waals surface area contributed by atoms with E-state index in [1.54, 1.807) is 0 Å². The molecule has 1 aliphatic carbocycles. The summed E-state index contributed by atoms with van der Waals surface area (Å²) in [6, 6.07) is 0. The number of carbonyl (C=O) groups is 1. The van der Waals surface area contributed by atoms with Gasteiger partial charge in [0.2, 0.25) is 5.54 Å². The Bertz CT molecular complexity index is 261. The smallest absolute Gasteiger partial charge is 0.417 e. The molecule has 1 unspecified atom stereocenters. The van der Waals surface area contributed by atoms with Crippen LogP contribution in [0.3, 0.4) is 0 Å². The van der Waals surface area contributed by atoms with Crippen LogP contribution in [0, 0.1) is 5.92 Å². The molecule has 0 aliphatic heterocycles. The van der Waals surface area contributed by atoms with E-state index in [9.17, 15) is 18.0 Å². The summed E-state index contributed by atoms with van der Waals surface area (Å²) in [4.78, 5) is 11.3. The Hall–Kier alpha value is -0.780. The van der Waals surface area contributed by atoms with E-state index >= 15 is 0 Å². The number of rotatable bonds is 2. The molecule has 94 valence electrons. The zero-order valence-electron chi connectivity index (χ0n) is 9.14. The van der Waals surface area contributed by atoms with Gasteiger partial charge in [-0.2, -0.15) is 13.2 Å². The Kier molecular flexibility index (Phi) is 3.83. The van der Waals surface area contributed by atoms with E-state index in [-0.39, 0.29) is 0 Å². The summed E-state index contributed by atoms with van der Waals surface area (Å²) in [6.07, 6.45) is -1.86. The van der Waals surface area contributed by atoms with E-state index in [4.69, 9.17) is 5.73 Å². The lowest BCUT2D eigenvalue weighted by Gasteiger charge is -2.38. The van der Waals surface area contributed by atoms with Gasteiger partial charge in [0, 0.05) is 0 Å². The van der Waals surface area contributed by atoms with Crippen molar-refractivity contribution in [2.24, 2.45) is 11.7 Å². The van der Waals surface area contributed by atoms with Gasteiger partial charge in [0.15, 0.2) is 0 Å². The quantitative estimate of drug-likeness (QED) is 0.750. The van der Waals surface area contributed by atoms with E-state index in [2.05, 4.69) is 4.74 Å². The number of methoxy groups -OCH3 is 1. The van der Waals surface area contributed by atoms with Crippen LogP contribution >= 0.6 is 0 Å². The Labute approximate surface area is 92.1 Å². The molecule has 0 saturated heterocycles. The summed E-state index contributed by atoms with van der Waals surface area (Å²) < 4.78 is 42.9. The van der Waals surface area contributed by atoms with E-state index in [1.165, 1.54) is 0 Å². The van der Waals surface area contributed by atoms with Gasteiger partial charge in [-0.05, 0) is 18.8 Å². The summed E-state index contributed by atoms with van der Waals surface area (Å²) >= 11 is 0. The summed E-state index contributed by atoms with van der Waals surface area (Å²) in [7, 11) is 0.929. The van der Waals surface area contributed by atoms with Crippen LogP contribution < -0.4 is 5.73 Å². The first-order valence-corrected chi connectivity index (χ1v) is 5.28. The van der Waals surface area contributed by atoms with Gasteiger partial charge in [-0.25, -0.2) is 4.79 Å². The van der Waals surface area contributed by atoms with Crippen molar-refractivity contribution >= 4 is 5.97 Å². The Morgan fingerprint density at radius 2 is 1.75 bits per heavy atom. The molecular formula is C10H16F3NO2. The van der Waals surface area contributed by atoms with Crippen molar-refractivity contribution in [3.05, 3.63) is 0 Å². The maximum absolute atomic E-state index is 12.9. The summed E-state index contributed by atoms with van der Waals surface area (Å²) in [6.45, 7) is 0. The zero-order valence-corrected chi connectivity index (χ0v) is 9.14. The van der Waals surface area contributed by atoms with Crippen LogP contribution in [-0.4, -0.2) is 24.8 Å². The number of hydrogen-bond acceptors (Lipinski definition) is 3. The number of alkyl halides is 3. The minimum Gasteiger partial charge on any atom is -0.467 e. The van der Waals surface area contributed by atoms with Crippen molar-refractivity contribution in [1.29, 1.82) is 0 Å². The number of halogens is 3. The minimum absolute atomic E-state index is 0.325. The van der Waals surface area contributed by atoms with Crippen molar-refractivity contribution < 1.29 is 22.7 Å². The molecule has 0 spiro atoms. The Balaban J connectivity index is 2.98. The van der Waals surface area contributed by atoms with Gasteiger partial charge in [0.05, 0.1) is 7.11 Å². The van der Waals surface area contributed by atoms with Crippen LogP contribution in [0.25, 0.3) is 0 Å². The third-order valence-electron chi connectivity index (χ3n) is 3.24. The molecule has 0 aromatic carbocycles. The second-order valence-corrected chi connectivity index (χ2v) is 4.19. The minimum atomic E-state index is -4.76. The average Bonchev–Trinajstić information content (AvgIpc) is 2.26. The highest BCUT2D eigenvalue weighted by molar-refractivity contribution is 5.82. The Morgan fingerprint density at radius 1 is 1.25 bits per heavy atom. The zero-order chi connectivity index (χ0) is 12.4. The highest BCUT2D eigenvalue weighted by Crippen LogP contribution is 2.41. The molecular weight excluding hydrogens is 223 g/mol. The Morgan fingerprint density at radius 3 is 2.12 bits per heavy atom. The largest absolute Gasteiger partial charge is 0.467 e. The van der Waals surface area contributed by atoms with Crippen LogP contribution in [0.2, 0.25) is 0 Å². The predicted molar refractivity (Wildman–Crippen MR) is 51.6 cm³/mol. The van der Waals surface area contributed by atoms with Gasteiger partial charge in [0.1, 0.15) is 0 Å². The molecule has 3 nitrogen and oxygen atoms in total. The molecule has 16 heavy (non-hydrogen) atoms. The maximum atomic E-state index is 12.9. The summed E-state index contributed by atoms with van der Waals surface area (Å²) in [5.41, 5.74) is 2.46. The average molecular weight is 239 g/mol. The number of esters is 1. The number of nitrogens with two attached hydrogens (primary N) is 1. The fourth-order valence-corrected chi connectivity index (χ4v) is 2.24. The monoisotopic (exact) mass is 239 g/mol. The molecule has 0 aromatic heterocycles. The second kappa shape index (κ2) is 4.61. The van der Waals surface area contributed by atoms with Crippen molar-refractivity contribution in [3.63, 3.8) is 0 Å². The van der Waals surface area contributed by atoms with Crippen molar-refractivity contribution in [3.8, 4) is 0 Å². The predicted octanol–water partition coefficient (Wildman–Crippen LogP) is 2.00. The van der Waals surface area contributed by atoms with Gasteiger partial charge < -0.3 is 10.5 Å². The van der Waals surface area contributed by atoms with Gasteiger partial charge in [-0.15, -0.1) is 0 Å². The molecule has 0 bridgehead atoms. The summed E-state index contributed by atoms with van der Waals surface area (Å²) in [5, 5.41) is 0. The van der Waals surface area contributed by atoms with E-state index < -0.39 is 23.6 Å². The number of carbonyl (C=O) groups excluding carboxylic acids is 1. The van der Waals surface area contributed by atoms with Crippen molar-refractivity contribution in [2.75, 3.05) is 7.11 Å². The molecule has 0 aromatic rings. The molecule has 0 heterocycles. The van der Waals surface area contributed by atoms with Crippen LogP contribution in [0.4, 0.5) is 13.2 Å². The van der Waals surface area contributed by atoms with E-state index in [0.29, 0.717) is 25.7 Å². The molecule has 1 saturated carbocycles. The molecule has 1 atom stereocenters. The molecule has 2 N–H and O–H groups in total. The third kappa shape index (κ3) is 2.16. The van der Waals surface area contributed by atoms with Crippen LogP contribution in [0.5, 0.6) is 0 Å². The molecule has 0 amide bonds. The lowest BCUT2D eigenvalue weighted by Crippen LogP contribution is -2.65. The van der Waals surface area contributed by atoms with Crippen LogP contribution in [0.15, 0.2) is 0 Å². The SMILES string of the molecule is COC(=O)C(N)(C1CCCCC1)C(F)(F)F. The van der Waals surface area contributed by atoms with E-state index in [1.807, 2.05) is 0 Å². The van der Waals surface area contributed by atoms with E-state index in [0.717, 1.165) is 13.5 Å². The first-order chi connectivity index (χ1) is 7.34. The van der Waals surface area contributed by atoms with Crippen LogP contribution in [-0.2, 0) is 9.53 Å². The third-order valence-corrected chi connectivity index (χ3v) is 3.24. The highest BCUT2D eigenvalue weighted by atomic mass is 19.4. The molecule has 1 fully saturated rings. The molecule has 6 heteroatoms. The normalized spacial score (nSPS) is 22.6. The van der Waals surface area contributed by atoms with Gasteiger partial charge in [-0.3, -0.25) is 0 Å². The highest BCUT2D eigenvalue weighted by Gasteiger charge is 2.62. The first-order valence-electron chi connectivity index (χ1n) is 5.28. The van der Waals surface area contributed by atoms with Crippen molar-refractivity contribution in [1.82, 2.24) is 0 Å². The number of hydrogen-bond donors (Lipinski definition) is 1. The standard InChI is InChI=1S/C10H16F3NO2/c1-16-8(15)9(14,10(11,12)13)7-5-3-2-4-6-7/h7H,2-6,14H2,1H3. The fraction of sp³-hybridized carbons (Fsp3) is 0.900. The topological polar surface area (TPSA) is 52.3 Å². The van der Waals surface area contributed by atoms with Gasteiger partial charge in [0.25, 0.3) is 0 Å². The summed E-state index contributed by atoms with van der Waals surface area (Å²) in [5.74, 6) is -2.25. The van der Waals surface area contributed by atoms with Gasteiger partial charge >= 0.3 is 12.1 Å². The van der Waals surface area contributed by atoms with Gasteiger partial charge in [-0.1, -0.05) is 19.3 Å². The number of ether oxygens (including phenoxy) is 1. The van der Waals surface area contributed by atoms with Crippen molar-refractivity contribution in [2.45, 2.75) is 43.8 Å². The second-order valence-electron chi connectivity index (χ2n) is 4.19. The fourth-order valence-electron chi connectivity index (χ4n) is 2.24. The molecule has 1 rings (SSSR count). The lowest BCUT2D eigenvalue weighted by atomic mass is 9.74. The van der Waals surface area contributed by atoms with Crippen LogP contribution in [0.1, 0.15) is 32.1 Å². The lowest BCUT2D eigenvalue weighted by molar-refractivity contribution is -0.217.